The highest BCUT2D eigenvalue weighted by Gasteiger charge is 2.39. The predicted molar refractivity (Wildman–Crippen MR) is 77.4 cm³/mol. The van der Waals surface area contributed by atoms with Crippen molar-refractivity contribution < 1.29 is 9.90 Å². The Morgan fingerprint density at radius 1 is 1.32 bits per heavy atom. The van der Waals surface area contributed by atoms with Crippen LogP contribution in [0.15, 0.2) is 24.3 Å². The van der Waals surface area contributed by atoms with Gasteiger partial charge in [0.1, 0.15) is 5.54 Å². The smallest absolute Gasteiger partial charge is 0.329 e. The van der Waals surface area contributed by atoms with Gasteiger partial charge in [-0.05, 0) is 43.7 Å². The summed E-state index contributed by atoms with van der Waals surface area (Å²) < 4.78 is 0. The topological polar surface area (TPSA) is 49.3 Å². The highest BCUT2D eigenvalue weighted by Crippen LogP contribution is 2.34. The summed E-state index contributed by atoms with van der Waals surface area (Å²) in [4.78, 5) is 11.8. The molecule has 0 aromatic heterocycles. The molecule has 2 N–H and O–H groups in total. The van der Waals surface area contributed by atoms with Crippen molar-refractivity contribution >= 4 is 11.7 Å². The first-order valence-electron chi connectivity index (χ1n) is 7.11. The highest BCUT2D eigenvalue weighted by molar-refractivity contribution is 5.83. The number of nitrogens with one attached hydrogen (secondary N) is 1. The molecule has 104 valence electrons. The number of benzene rings is 1. The van der Waals surface area contributed by atoms with E-state index in [1.807, 2.05) is 31.2 Å². The molecule has 1 aromatic carbocycles. The zero-order valence-corrected chi connectivity index (χ0v) is 11.8. The first-order chi connectivity index (χ1) is 9.03. The number of carboxylic acid groups (broad SMARTS) is 1. The highest BCUT2D eigenvalue weighted by atomic mass is 16.4. The third kappa shape index (κ3) is 3.09. The minimum Gasteiger partial charge on any atom is -0.480 e. The molecule has 1 fully saturated rings. The molecule has 0 spiro atoms. The third-order valence-electron chi connectivity index (χ3n) is 4.29. The Morgan fingerprint density at radius 3 is 2.74 bits per heavy atom. The van der Waals surface area contributed by atoms with Crippen molar-refractivity contribution in [1.82, 2.24) is 0 Å². The number of aryl methyl sites for hydroxylation is 1. The summed E-state index contributed by atoms with van der Waals surface area (Å²) in [5, 5.41) is 13.0. The molecule has 19 heavy (non-hydrogen) atoms. The average Bonchev–Trinajstić information content (AvgIpc) is 2.56. The van der Waals surface area contributed by atoms with Gasteiger partial charge in [-0.15, -0.1) is 0 Å². The van der Waals surface area contributed by atoms with Crippen LogP contribution in [0.1, 0.15) is 44.6 Å². The van der Waals surface area contributed by atoms with E-state index >= 15 is 0 Å². The molecule has 0 heterocycles. The van der Waals surface area contributed by atoms with Crippen LogP contribution in [-0.4, -0.2) is 16.6 Å². The van der Waals surface area contributed by atoms with E-state index in [0.29, 0.717) is 18.8 Å². The van der Waals surface area contributed by atoms with Gasteiger partial charge in [-0.3, -0.25) is 0 Å². The molecular formula is C16H23NO2. The number of carbonyl (C=O) groups is 1. The quantitative estimate of drug-likeness (QED) is 0.813. The number of para-hydroxylation sites is 1. The molecule has 0 amide bonds. The molecular weight excluding hydrogens is 238 g/mol. The van der Waals surface area contributed by atoms with Crippen LogP contribution in [-0.2, 0) is 4.79 Å². The van der Waals surface area contributed by atoms with Gasteiger partial charge in [-0.25, -0.2) is 4.79 Å². The summed E-state index contributed by atoms with van der Waals surface area (Å²) in [5.41, 5.74) is 1.25. The Bertz CT molecular complexity index is 458. The monoisotopic (exact) mass is 261 g/mol. The van der Waals surface area contributed by atoms with Crippen LogP contribution in [0.3, 0.4) is 0 Å². The second kappa shape index (κ2) is 5.64. The van der Waals surface area contributed by atoms with Crippen molar-refractivity contribution in [3.63, 3.8) is 0 Å². The maximum Gasteiger partial charge on any atom is 0.329 e. The minimum atomic E-state index is -0.795. The predicted octanol–water partition coefficient (Wildman–Crippen LogP) is 3.83. The van der Waals surface area contributed by atoms with E-state index in [1.165, 1.54) is 0 Å². The fourth-order valence-corrected chi connectivity index (χ4v) is 2.88. The van der Waals surface area contributed by atoms with Crippen molar-refractivity contribution in [1.29, 1.82) is 0 Å². The maximum absolute atomic E-state index is 11.8. The zero-order chi connectivity index (χ0) is 13.9. The van der Waals surface area contributed by atoms with Crippen molar-refractivity contribution in [3.05, 3.63) is 29.8 Å². The van der Waals surface area contributed by atoms with E-state index in [2.05, 4.69) is 12.2 Å². The number of rotatable bonds is 3. The van der Waals surface area contributed by atoms with Crippen LogP contribution in [0.4, 0.5) is 5.69 Å². The van der Waals surface area contributed by atoms with Gasteiger partial charge in [-0.1, -0.05) is 38.0 Å². The average molecular weight is 261 g/mol. The number of hydrogen-bond donors (Lipinski definition) is 2. The molecule has 0 bridgehead atoms. The maximum atomic E-state index is 11.8. The molecule has 1 aromatic rings. The number of hydrogen-bond acceptors (Lipinski definition) is 2. The Labute approximate surface area is 115 Å². The molecule has 1 aliphatic rings. The standard InChI is InChI=1S/C16H23NO2/c1-12-6-5-10-16(11-9-12,15(18)19)17-14-8-4-3-7-13(14)2/h3-4,7-8,12,17H,5-6,9-11H2,1-2H3,(H,18,19). The lowest BCUT2D eigenvalue weighted by Gasteiger charge is -2.31. The molecule has 2 atom stereocenters. The van der Waals surface area contributed by atoms with Gasteiger partial charge in [-0.2, -0.15) is 0 Å². The minimum absolute atomic E-state index is 0.625. The SMILES string of the molecule is Cc1ccccc1NC1(C(=O)O)CCCC(C)CC1. The summed E-state index contributed by atoms with van der Waals surface area (Å²) in [6.45, 7) is 4.23. The Morgan fingerprint density at radius 2 is 2.05 bits per heavy atom. The van der Waals surface area contributed by atoms with E-state index in [0.717, 1.165) is 30.5 Å². The lowest BCUT2D eigenvalue weighted by molar-refractivity contribution is -0.142. The van der Waals surface area contributed by atoms with Crippen molar-refractivity contribution in [2.24, 2.45) is 5.92 Å². The van der Waals surface area contributed by atoms with Gasteiger partial charge < -0.3 is 10.4 Å². The summed E-state index contributed by atoms with van der Waals surface area (Å²) in [6.07, 6.45) is 4.50. The number of anilines is 1. The lowest BCUT2D eigenvalue weighted by Crippen LogP contribution is -2.46. The van der Waals surface area contributed by atoms with Crippen molar-refractivity contribution in [2.75, 3.05) is 5.32 Å². The molecule has 0 aliphatic heterocycles. The molecule has 0 radical (unpaired) electrons. The van der Waals surface area contributed by atoms with Crippen molar-refractivity contribution in [3.8, 4) is 0 Å². The summed E-state index contributed by atoms with van der Waals surface area (Å²) in [7, 11) is 0. The van der Waals surface area contributed by atoms with Gasteiger partial charge >= 0.3 is 5.97 Å². The van der Waals surface area contributed by atoms with Crippen LogP contribution in [0.5, 0.6) is 0 Å². The summed E-state index contributed by atoms with van der Waals surface area (Å²) in [6, 6.07) is 7.90. The molecule has 3 nitrogen and oxygen atoms in total. The van der Waals surface area contributed by atoms with Gasteiger partial charge in [0.05, 0.1) is 0 Å². The Hall–Kier alpha value is -1.51. The van der Waals surface area contributed by atoms with Gasteiger partial charge in [0, 0.05) is 5.69 Å². The first kappa shape index (κ1) is 13.9. The van der Waals surface area contributed by atoms with Gasteiger partial charge in [0.2, 0.25) is 0 Å². The Balaban J connectivity index is 2.25. The second-order valence-electron chi connectivity index (χ2n) is 5.86. The lowest BCUT2D eigenvalue weighted by atomic mass is 9.89. The van der Waals surface area contributed by atoms with E-state index in [9.17, 15) is 9.90 Å². The summed E-state index contributed by atoms with van der Waals surface area (Å²) >= 11 is 0. The van der Waals surface area contributed by atoms with E-state index in [-0.39, 0.29) is 0 Å². The van der Waals surface area contributed by atoms with Gasteiger partial charge in [0.25, 0.3) is 0 Å². The molecule has 1 saturated carbocycles. The Kier molecular flexibility index (Phi) is 4.13. The van der Waals surface area contributed by atoms with Crippen LogP contribution >= 0.6 is 0 Å². The second-order valence-corrected chi connectivity index (χ2v) is 5.86. The first-order valence-corrected chi connectivity index (χ1v) is 7.11. The van der Waals surface area contributed by atoms with E-state index in [4.69, 9.17) is 0 Å². The zero-order valence-electron chi connectivity index (χ0n) is 11.8. The normalized spacial score (nSPS) is 27.6. The fourth-order valence-electron chi connectivity index (χ4n) is 2.88. The van der Waals surface area contributed by atoms with E-state index in [1.54, 1.807) is 0 Å². The third-order valence-corrected chi connectivity index (χ3v) is 4.29. The largest absolute Gasteiger partial charge is 0.480 e. The molecule has 2 unspecified atom stereocenters. The van der Waals surface area contributed by atoms with Crippen molar-refractivity contribution in [2.45, 2.75) is 51.5 Å². The number of carboxylic acids is 1. The summed E-state index contributed by atoms with van der Waals surface area (Å²) in [5.74, 6) is -0.0928. The van der Waals surface area contributed by atoms with E-state index < -0.39 is 11.5 Å². The molecule has 3 heteroatoms. The number of aliphatic carboxylic acids is 1. The van der Waals surface area contributed by atoms with Crippen LogP contribution in [0.25, 0.3) is 0 Å². The van der Waals surface area contributed by atoms with Crippen LogP contribution in [0, 0.1) is 12.8 Å². The van der Waals surface area contributed by atoms with Crippen LogP contribution < -0.4 is 5.32 Å². The fraction of sp³-hybridized carbons (Fsp3) is 0.562. The van der Waals surface area contributed by atoms with Gasteiger partial charge in [0.15, 0.2) is 0 Å². The van der Waals surface area contributed by atoms with Crippen LogP contribution in [0.2, 0.25) is 0 Å². The molecule has 2 rings (SSSR count). The molecule has 0 saturated heterocycles. The molecule has 1 aliphatic carbocycles.